The number of rotatable bonds is 8. The Bertz CT molecular complexity index is 1310. The molecule has 0 saturated carbocycles. The Kier molecular flexibility index (Phi) is 8.99. The molecule has 3 aromatic carbocycles. The van der Waals surface area contributed by atoms with Gasteiger partial charge in [0.05, 0.1) is 0 Å². The summed E-state index contributed by atoms with van der Waals surface area (Å²) in [4.78, 5) is 43.8. The third-order valence-electron chi connectivity index (χ3n) is 6.62. The van der Waals surface area contributed by atoms with Crippen molar-refractivity contribution in [3.05, 3.63) is 102 Å². The van der Waals surface area contributed by atoms with Crippen molar-refractivity contribution in [1.82, 2.24) is 9.80 Å². The molecule has 0 bridgehead atoms. The molecule has 3 aromatic rings. The normalized spacial score (nSPS) is 13.0. The second kappa shape index (κ2) is 12.8. The maximum Gasteiger partial charge on any atom is 0.321 e. The van der Waals surface area contributed by atoms with E-state index >= 15 is 0 Å². The molecule has 8 nitrogen and oxygen atoms in total. The molecular weight excluding hydrogens is 490 g/mol. The van der Waals surface area contributed by atoms with Crippen molar-refractivity contribution in [2.45, 2.75) is 13.8 Å². The fraction of sp³-hybridized carbons (Fsp3) is 0.258. The molecule has 4 amide bonds. The second-order valence-electron chi connectivity index (χ2n) is 9.71. The van der Waals surface area contributed by atoms with Crippen molar-refractivity contribution in [3.8, 4) is 0 Å². The highest BCUT2D eigenvalue weighted by atomic mass is 16.2. The summed E-state index contributed by atoms with van der Waals surface area (Å²) in [5.41, 5.74) is 5.17. The summed E-state index contributed by atoms with van der Waals surface area (Å²) >= 11 is 0. The van der Waals surface area contributed by atoms with Crippen LogP contribution in [-0.2, 0) is 4.79 Å². The smallest absolute Gasteiger partial charge is 0.321 e. The molecule has 2 N–H and O–H groups in total. The molecule has 1 fully saturated rings. The molecule has 39 heavy (non-hydrogen) atoms. The summed E-state index contributed by atoms with van der Waals surface area (Å²) in [5.74, 6) is -0.495. The fourth-order valence-electron chi connectivity index (χ4n) is 4.48. The highest BCUT2D eigenvalue weighted by molar-refractivity contribution is 5.99. The van der Waals surface area contributed by atoms with Gasteiger partial charge in [-0.3, -0.25) is 9.59 Å². The lowest BCUT2D eigenvalue weighted by molar-refractivity contribution is -0.116. The van der Waals surface area contributed by atoms with Crippen LogP contribution in [0.1, 0.15) is 21.5 Å². The second-order valence-corrected chi connectivity index (χ2v) is 9.71. The third-order valence-corrected chi connectivity index (χ3v) is 6.62. The first-order chi connectivity index (χ1) is 18.8. The molecule has 1 aliphatic rings. The van der Waals surface area contributed by atoms with Gasteiger partial charge in [0.1, 0.15) is 6.54 Å². The lowest BCUT2D eigenvalue weighted by Gasteiger charge is -2.36. The molecule has 0 radical (unpaired) electrons. The Hall–Kier alpha value is -4.59. The molecule has 0 aliphatic carbocycles. The van der Waals surface area contributed by atoms with E-state index in [1.807, 2.05) is 79.4 Å². The van der Waals surface area contributed by atoms with Gasteiger partial charge in [-0.25, -0.2) is 4.79 Å². The van der Waals surface area contributed by atoms with E-state index in [9.17, 15) is 14.4 Å². The first kappa shape index (κ1) is 27.4. The van der Waals surface area contributed by atoms with Crippen LogP contribution in [0.4, 0.5) is 21.9 Å². The van der Waals surface area contributed by atoms with E-state index in [2.05, 4.69) is 22.1 Å². The van der Waals surface area contributed by atoms with Crippen molar-refractivity contribution >= 4 is 34.9 Å². The first-order valence-electron chi connectivity index (χ1n) is 13.1. The fourth-order valence-corrected chi connectivity index (χ4v) is 4.48. The van der Waals surface area contributed by atoms with Crippen molar-refractivity contribution in [1.29, 1.82) is 0 Å². The van der Waals surface area contributed by atoms with Gasteiger partial charge in [-0.2, -0.15) is 0 Å². The maximum absolute atomic E-state index is 12.9. The van der Waals surface area contributed by atoms with Gasteiger partial charge < -0.3 is 25.3 Å². The van der Waals surface area contributed by atoms with Crippen molar-refractivity contribution in [2.24, 2.45) is 0 Å². The lowest BCUT2D eigenvalue weighted by Crippen LogP contribution is -2.50. The largest absolute Gasteiger partial charge is 0.368 e. The number of hydrogen-bond donors (Lipinski definition) is 2. The van der Waals surface area contributed by atoms with Gasteiger partial charge in [0, 0.05) is 55.3 Å². The average Bonchev–Trinajstić information content (AvgIpc) is 2.93. The van der Waals surface area contributed by atoms with Crippen LogP contribution in [-0.4, -0.2) is 66.9 Å². The number of piperazine rings is 1. The van der Waals surface area contributed by atoms with Crippen LogP contribution in [0.5, 0.6) is 0 Å². The Morgan fingerprint density at radius 1 is 0.846 bits per heavy atom. The molecule has 202 valence electrons. The van der Waals surface area contributed by atoms with E-state index < -0.39 is 0 Å². The summed E-state index contributed by atoms with van der Waals surface area (Å²) < 4.78 is 0. The Labute approximate surface area is 229 Å². The molecule has 0 atom stereocenters. The van der Waals surface area contributed by atoms with Gasteiger partial charge >= 0.3 is 6.03 Å². The van der Waals surface area contributed by atoms with E-state index in [4.69, 9.17) is 0 Å². The first-order valence-corrected chi connectivity index (χ1v) is 13.1. The van der Waals surface area contributed by atoms with E-state index in [1.165, 1.54) is 4.90 Å². The number of amides is 4. The molecule has 1 aliphatic heterocycles. The number of hydrogen-bond acceptors (Lipinski definition) is 4. The zero-order chi connectivity index (χ0) is 27.8. The summed E-state index contributed by atoms with van der Waals surface area (Å²) in [6.07, 6.45) is 1.61. The highest BCUT2D eigenvalue weighted by Crippen LogP contribution is 2.20. The number of nitrogens with zero attached hydrogens (tertiary/aromatic N) is 3. The Morgan fingerprint density at radius 2 is 1.54 bits per heavy atom. The van der Waals surface area contributed by atoms with Crippen molar-refractivity contribution < 1.29 is 14.4 Å². The van der Waals surface area contributed by atoms with Gasteiger partial charge in [-0.05, 0) is 67.9 Å². The number of benzene rings is 3. The Balaban J connectivity index is 1.27. The Morgan fingerprint density at radius 3 is 2.18 bits per heavy atom. The molecule has 8 heteroatoms. The number of nitrogens with one attached hydrogen (secondary N) is 2. The van der Waals surface area contributed by atoms with Crippen molar-refractivity contribution in [3.63, 3.8) is 0 Å². The number of carbonyl (C=O) groups excluding carboxylic acids is 3. The van der Waals surface area contributed by atoms with Crippen LogP contribution in [0, 0.1) is 13.8 Å². The lowest BCUT2D eigenvalue weighted by atomic mass is 10.1. The zero-order valence-electron chi connectivity index (χ0n) is 22.5. The quantitative estimate of drug-likeness (QED) is 0.409. The minimum Gasteiger partial charge on any atom is -0.368 e. The monoisotopic (exact) mass is 525 g/mol. The van der Waals surface area contributed by atoms with Gasteiger partial charge in [0.25, 0.3) is 5.91 Å². The van der Waals surface area contributed by atoms with Crippen LogP contribution >= 0.6 is 0 Å². The van der Waals surface area contributed by atoms with Crippen LogP contribution in [0.3, 0.4) is 0 Å². The zero-order valence-corrected chi connectivity index (χ0v) is 22.5. The molecule has 0 aromatic heterocycles. The van der Waals surface area contributed by atoms with E-state index in [0.717, 1.165) is 22.5 Å². The van der Waals surface area contributed by atoms with E-state index in [-0.39, 0.29) is 30.9 Å². The number of anilines is 3. The maximum atomic E-state index is 12.9. The van der Waals surface area contributed by atoms with Crippen LogP contribution in [0.15, 0.2) is 85.5 Å². The van der Waals surface area contributed by atoms with Crippen LogP contribution < -0.4 is 15.5 Å². The summed E-state index contributed by atoms with van der Waals surface area (Å²) in [5, 5.41) is 5.85. The highest BCUT2D eigenvalue weighted by Gasteiger charge is 2.22. The van der Waals surface area contributed by atoms with Gasteiger partial charge in [-0.15, -0.1) is 6.58 Å². The summed E-state index contributed by atoms with van der Waals surface area (Å²) in [6, 6.07) is 22.6. The number of urea groups is 1. The topological polar surface area (TPSA) is 85.0 Å². The number of aryl methyl sites for hydroxylation is 2. The van der Waals surface area contributed by atoms with Gasteiger partial charge in [0.2, 0.25) is 5.91 Å². The molecule has 4 rings (SSSR count). The predicted octanol–water partition coefficient (Wildman–Crippen LogP) is 4.92. The summed E-state index contributed by atoms with van der Waals surface area (Å²) in [7, 11) is 0. The van der Waals surface area contributed by atoms with Crippen LogP contribution in [0.25, 0.3) is 0 Å². The SMILES string of the molecule is C=CCN(CC(=O)Nc1ccc(N2CCN(C(=O)Nc3cccc(C)c3)CC2)cc1)C(=O)c1ccc(C)cc1. The van der Waals surface area contributed by atoms with Gasteiger partial charge in [0.15, 0.2) is 0 Å². The molecule has 0 unspecified atom stereocenters. The third kappa shape index (κ3) is 7.47. The standard InChI is InChI=1S/C31H35N5O3/c1-4-16-36(30(38)25-10-8-23(2)9-11-25)22-29(37)32-26-12-14-28(15-13-26)34-17-19-35(20-18-34)31(39)33-27-7-5-6-24(3)21-27/h4-15,21H,1,16-20,22H2,2-3H3,(H,32,37)(H,33,39). The average molecular weight is 526 g/mol. The molecule has 1 heterocycles. The molecule has 0 spiro atoms. The predicted molar refractivity (Wildman–Crippen MR) is 156 cm³/mol. The minimum absolute atomic E-state index is 0.0763. The van der Waals surface area contributed by atoms with Crippen molar-refractivity contribution in [2.75, 3.05) is 54.8 Å². The van der Waals surface area contributed by atoms with Crippen LogP contribution in [0.2, 0.25) is 0 Å². The molecule has 1 saturated heterocycles. The minimum atomic E-state index is -0.279. The van der Waals surface area contributed by atoms with Gasteiger partial charge in [-0.1, -0.05) is 35.9 Å². The van der Waals surface area contributed by atoms with E-state index in [1.54, 1.807) is 18.2 Å². The summed E-state index contributed by atoms with van der Waals surface area (Å²) in [6.45, 7) is 10.5. The molecular formula is C31H35N5O3. The van der Waals surface area contributed by atoms with E-state index in [0.29, 0.717) is 37.4 Å². The number of carbonyl (C=O) groups is 3.